The van der Waals surface area contributed by atoms with Gasteiger partial charge in [0.25, 0.3) is 5.91 Å². The van der Waals surface area contributed by atoms with E-state index in [1.54, 1.807) is 11.0 Å². The molecule has 0 saturated carbocycles. The quantitative estimate of drug-likeness (QED) is 0.483. The Kier molecular flexibility index (Phi) is 7.97. The van der Waals surface area contributed by atoms with Gasteiger partial charge in [-0.1, -0.05) is 38.1 Å². The Morgan fingerprint density at radius 1 is 1.06 bits per heavy atom. The van der Waals surface area contributed by atoms with Crippen LogP contribution in [-0.4, -0.2) is 51.2 Å². The zero-order valence-electron chi connectivity index (χ0n) is 19.3. The molecular formula is C26H34N2O5. The van der Waals surface area contributed by atoms with E-state index < -0.39 is 12.0 Å². The van der Waals surface area contributed by atoms with Gasteiger partial charge in [-0.15, -0.1) is 0 Å². The van der Waals surface area contributed by atoms with E-state index in [2.05, 4.69) is 0 Å². The summed E-state index contributed by atoms with van der Waals surface area (Å²) in [6.45, 7) is 5.13. The Bertz CT molecular complexity index is 996. The van der Waals surface area contributed by atoms with Crippen LogP contribution in [0.5, 0.6) is 11.5 Å². The molecular weight excluding hydrogens is 420 g/mol. The summed E-state index contributed by atoms with van der Waals surface area (Å²) in [6, 6.07) is 9.89. The normalized spacial score (nSPS) is 15.6. The molecule has 0 unspecified atom stereocenters. The maximum Gasteiger partial charge on any atom is 0.320 e. The van der Waals surface area contributed by atoms with E-state index in [9.17, 15) is 19.8 Å². The number of hydrogen-bond acceptors (Lipinski definition) is 5. The van der Waals surface area contributed by atoms with Gasteiger partial charge in [0.05, 0.1) is 5.56 Å². The topological polar surface area (TPSA) is 124 Å². The van der Waals surface area contributed by atoms with E-state index in [-0.39, 0.29) is 28.9 Å². The van der Waals surface area contributed by atoms with Gasteiger partial charge in [0.2, 0.25) is 0 Å². The number of benzene rings is 2. The van der Waals surface area contributed by atoms with Gasteiger partial charge in [0.15, 0.2) is 0 Å². The molecule has 1 amide bonds. The fourth-order valence-electron chi connectivity index (χ4n) is 4.45. The second kappa shape index (κ2) is 10.7. The van der Waals surface area contributed by atoms with Crippen molar-refractivity contribution >= 4 is 11.9 Å². The second-order valence-corrected chi connectivity index (χ2v) is 9.33. The first kappa shape index (κ1) is 24.6. The minimum absolute atomic E-state index is 0.00627. The van der Waals surface area contributed by atoms with Crippen molar-refractivity contribution in [2.45, 2.75) is 57.9 Å². The number of likely N-dealkylation sites (tertiary alicyclic amines) is 1. The number of phenols is 2. The molecule has 0 aromatic heterocycles. The van der Waals surface area contributed by atoms with Crippen molar-refractivity contribution < 1.29 is 24.9 Å². The Labute approximate surface area is 194 Å². The van der Waals surface area contributed by atoms with E-state index >= 15 is 0 Å². The lowest BCUT2D eigenvalue weighted by molar-refractivity contribution is -0.138. The van der Waals surface area contributed by atoms with Gasteiger partial charge in [-0.3, -0.25) is 9.59 Å². The van der Waals surface area contributed by atoms with E-state index in [1.807, 2.05) is 38.1 Å². The first-order valence-electron chi connectivity index (χ1n) is 11.6. The molecule has 178 valence electrons. The van der Waals surface area contributed by atoms with E-state index in [0.29, 0.717) is 31.0 Å². The third kappa shape index (κ3) is 6.26. The van der Waals surface area contributed by atoms with Gasteiger partial charge < -0.3 is 26.0 Å². The highest BCUT2D eigenvalue weighted by Crippen LogP contribution is 2.33. The van der Waals surface area contributed by atoms with Crippen LogP contribution >= 0.6 is 0 Å². The third-order valence-electron chi connectivity index (χ3n) is 6.50. The minimum Gasteiger partial charge on any atom is -0.508 e. The van der Waals surface area contributed by atoms with Crippen LogP contribution < -0.4 is 5.73 Å². The summed E-state index contributed by atoms with van der Waals surface area (Å²) in [7, 11) is 0. The molecule has 7 nitrogen and oxygen atoms in total. The fourth-order valence-corrected chi connectivity index (χ4v) is 4.45. The highest BCUT2D eigenvalue weighted by molar-refractivity contribution is 5.97. The zero-order chi connectivity index (χ0) is 24.1. The first-order chi connectivity index (χ1) is 15.7. The molecule has 1 fully saturated rings. The summed E-state index contributed by atoms with van der Waals surface area (Å²) in [5, 5.41) is 29.3. The van der Waals surface area contributed by atoms with Gasteiger partial charge in [-0.25, -0.2) is 0 Å². The lowest BCUT2D eigenvalue weighted by Crippen LogP contribution is -2.38. The summed E-state index contributed by atoms with van der Waals surface area (Å²) in [5.41, 5.74) is 8.63. The lowest BCUT2D eigenvalue weighted by Gasteiger charge is -2.32. The molecule has 2 aromatic rings. The maximum absolute atomic E-state index is 13.0. The molecule has 33 heavy (non-hydrogen) atoms. The summed E-state index contributed by atoms with van der Waals surface area (Å²) in [4.78, 5) is 25.8. The van der Waals surface area contributed by atoms with E-state index in [0.717, 1.165) is 31.2 Å². The summed E-state index contributed by atoms with van der Waals surface area (Å²) in [5.74, 6) is -0.837. The van der Waals surface area contributed by atoms with Crippen LogP contribution in [0.25, 0.3) is 0 Å². The summed E-state index contributed by atoms with van der Waals surface area (Å²) >= 11 is 0. The van der Waals surface area contributed by atoms with Crippen LogP contribution in [0.2, 0.25) is 0 Å². The van der Waals surface area contributed by atoms with Crippen molar-refractivity contribution in [3.63, 3.8) is 0 Å². The first-order valence-corrected chi connectivity index (χ1v) is 11.6. The van der Waals surface area contributed by atoms with Crippen molar-refractivity contribution in [3.8, 4) is 11.5 Å². The Balaban J connectivity index is 1.54. The molecule has 1 aliphatic heterocycles. The van der Waals surface area contributed by atoms with E-state index in [4.69, 9.17) is 10.8 Å². The molecule has 0 spiro atoms. The smallest absolute Gasteiger partial charge is 0.320 e. The Morgan fingerprint density at radius 2 is 1.73 bits per heavy atom. The number of aromatic hydroxyl groups is 2. The lowest BCUT2D eigenvalue weighted by atomic mass is 9.89. The number of carboxylic acids is 1. The number of rotatable bonds is 8. The molecule has 1 saturated heterocycles. The molecule has 7 heteroatoms. The molecule has 0 aliphatic carbocycles. The Hall–Kier alpha value is -3.06. The van der Waals surface area contributed by atoms with Gasteiger partial charge in [-0.2, -0.15) is 0 Å². The molecule has 0 bridgehead atoms. The number of nitrogens with two attached hydrogens (primary N) is 1. The van der Waals surface area contributed by atoms with Crippen molar-refractivity contribution in [3.05, 3.63) is 58.7 Å². The molecule has 0 radical (unpaired) electrons. The molecule has 1 heterocycles. The van der Waals surface area contributed by atoms with Crippen LogP contribution in [0.4, 0.5) is 0 Å². The monoisotopic (exact) mass is 454 g/mol. The number of phenolic OH excluding ortho intramolecular Hbond substituents is 2. The minimum atomic E-state index is -0.997. The zero-order valence-corrected chi connectivity index (χ0v) is 19.3. The van der Waals surface area contributed by atoms with Crippen molar-refractivity contribution in [2.24, 2.45) is 11.7 Å². The number of amides is 1. The van der Waals surface area contributed by atoms with Crippen LogP contribution in [0.1, 0.15) is 66.1 Å². The SMILES string of the molecule is CC(C)c1cc(C(=O)N2CCC(CCc3cccc(C[C@H](N)C(=O)O)c3)CC2)c(O)cc1O. The number of hydrogen-bond donors (Lipinski definition) is 4. The van der Waals surface area contributed by atoms with Crippen LogP contribution in [0.3, 0.4) is 0 Å². The van der Waals surface area contributed by atoms with Crippen molar-refractivity contribution in [1.82, 2.24) is 4.90 Å². The third-order valence-corrected chi connectivity index (χ3v) is 6.50. The number of carbonyl (C=O) groups excluding carboxylic acids is 1. The largest absolute Gasteiger partial charge is 0.508 e. The standard InChI is InChI=1S/C26H34N2O5/c1-16(2)20-14-21(24(30)15-23(20)29)25(31)28-10-8-17(9-11-28)6-7-18-4-3-5-19(12-18)13-22(27)26(32)33/h3-5,12,14-17,22,29-30H,6-11,13,27H2,1-2H3,(H,32,33)/t22-/m0/s1. The van der Waals surface area contributed by atoms with Crippen molar-refractivity contribution in [2.75, 3.05) is 13.1 Å². The molecule has 1 atom stereocenters. The predicted molar refractivity (Wildman–Crippen MR) is 127 cm³/mol. The fraction of sp³-hybridized carbons (Fsp3) is 0.462. The van der Waals surface area contributed by atoms with Gasteiger partial charge >= 0.3 is 5.97 Å². The summed E-state index contributed by atoms with van der Waals surface area (Å²) < 4.78 is 0. The van der Waals surface area contributed by atoms with Crippen LogP contribution in [-0.2, 0) is 17.6 Å². The highest BCUT2D eigenvalue weighted by Gasteiger charge is 2.26. The molecule has 1 aliphatic rings. The number of carbonyl (C=O) groups is 2. The molecule has 5 N–H and O–H groups in total. The number of piperidine rings is 1. The van der Waals surface area contributed by atoms with Gasteiger partial charge in [0.1, 0.15) is 17.5 Å². The Morgan fingerprint density at radius 3 is 2.36 bits per heavy atom. The number of aryl methyl sites for hydroxylation is 1. The average molecular weight is 455 g/mol. The average Bonchev–Trinajstić information content (AvgIpc) is 2.77. The van der Waals surface area contributed by atoms with E-state index in [1.165, 1.54) is 11.6 Å². The molecule has 2 aromatic carbocycles. The molecule has 3 rings (SSSR count). The predicted octanol–water partition coefficient (Wildman–Crippen LogP) is 3.66. The number of carboxylic acid groups (broad SMARTS) is 1. The number of nitrogens with zero attached hydrogens (tertiary/aromatic N) is 1. The highest BCUT2D eigenvalue weighted by atomic mass is 16.4. The van der Waals surface area contributed by atoms with Crippen molar-refractivity contribution in [1.29, 1.82) is 0 Å². The second-order valence-electron chi connectivity index (χ2n) is 9.33. The number of aliphatic carboxylic acids is 1. The summed E-state index contributed by atoms with van der Waals surface area (Å²) in [6.07, 6.45) is 3.99. The van der Waals surface area contributed by atoms with Crippen LogP contribution in [0, 0.1) is 5.92 Å². The maximum atomic E-state index is 13.0. The van der Waals surface area contributed by atoms with Gasteiger partial charge in [0, 0.05) is 19.2 Å². The van der Waals surface area contributed by atoms with Gasteiger partial charge in [-0.05, 0) is 66.7 Å². The van der Waals surface area contributed by atoms with Crippen LogP contribution in [0.15, 0.2) is 36.4 Å².